The van der Waals surface area contributed by atoms with E-state index in [4.69, 9.17) is 22.1 Å². The van der Waals surface area contributed by atoms with Crippen molar-refractivity contribution in [3.8, 4) is 5.75 Å². The average molecular weight is 283 g/mol. The van der Waals surface area contributed by atoms with Crippen molar-refractivity contribution >= 4 is 23.2 Å². The van der Waals surface area contributed by atoms with E-state index < -0.39 is 5.54 Å². The molecule has 104 valence electrons. The Bertz CT molecular complexity index is 471. The molecule has 19 heavy (non-hydrogen) atoms. The highest BCUT2D eigenvalue weighted by atomic mass is 35.5. The second-order valence-corrected chi connectivity index (χ2v) is 5.45. The minimum atomic E-state index is -0.772. The summed E-state index contributed by atoms with van der Waals surface area (Å²) >= 11 is 5.94. The number of amides is 1. The number of hydrogen-bond acceptors (Lipinski definition) is 3. The van der Waals surface area contributed by atoms with Gasteiger partial charge in [0.25, 0.3) is 0 Å². The number of anilines is 1. The van der Waals surface area contributed by atoms with Crippen LogP contribution in [-0.4, -0.2) is 18.6 Å². The number of nitrogens with one attached hydrogen (secondary N) is 1. The van der Waals surface area contributed by atoms with Gasteiger partial charge in [-0.3, -0.25) is 4.79 Å². The van der Waals surface area contributed by atoms with Crippen LogP contribution in [0.5, 0.6) is 5.75 Å². The first-order valence-corrected chi connectivity index (χ1v) is 6.87. The van der Waals surface area contributed by atoms with Crippen molar-refractivity contribution in [1.82, 2.24) is 0 Å². The molecule has 1 aliphatic rings. The van der Waals surface area contributed by atoms with E-state index in [2.05, 4.69) is 5.32 Å². The first-order chi connectivity index (χ1) is 9.05. The van der Waals surface area contributed by atoms with E-state index in [0.717, 1.165) is 32.1 Å². The number of ether oxygens (including phenoxy) is 1. The first kappa shape index (κ1) is 14.2. The molecule has 0 atom stereocenters. The molecule has 0 aliphatic heterocycles. The normalized spacial score (nSPS) is 17.8. The highest BCUT2D eigenvalue weighted by molar-refractivity contribution is 6.31. The van der Waals surface area contributed by atoms with Crippen molar-refractivity contribution in [2.75, 3.05) is 12.4 Å². The zero-order valence-corrected chi connectivity index (χ0v) is 11.8. The SMILES string of the molecule is COc1ccc(Cl)cc1NC(=O)C1(N)CCCCC1. The zero-order valence-electron chi connectivity index (χ0n) is 11.0. The molecular formula is C14H19ClN2O2. The summed E-state index contributed by atoms with van der Waals surface area (Å²) in [5.74, 6) is 0.421. The van der Waals surface area contributed by atoms with E-state index in [9.17, 15) is 4.79 Å². The molecule has 1 fully saturated rings. The molecule has 3 N–H and O–H groups in total. The first-order valence-electron chi connectivity index (χ1n) is 6.49. The van der Waals surface area contributed by atoms with E-state index in [-0.39, 0.29) is 5.91 Å². The van der Waals surface area contributed by atoms with E-state index in [1.165, 1.54) is 0 Å². The highest BCUT2D eigenvalue weighted by Gasteiger charge is 2.35. The van der Waals surface area contributed by atoms with Gasteiger partial charge in [0.1, 0.15) is 5.75 Å². The quantitative estimate of drug-likeness (QED) is 0.896. The minimum Gasteiger partial charge on any atom is -0.495 e. The fourth-order valence-corrected chi connectivity index (χ4v) is 2.61. The van der Waals surface area contributed by atoms with Crippen LogP contribution in [0.25, 0.3) is 0 Å². The maximum Gasteiger partial charge on any atom is 0.244 e. The van der Waals surface area contributed by atoms with Gasteiger partial charge in [0.15, 0.2) is 0 Å². The van der Waals surface area contributed by atoms with Gasteiger partial charge in [-0.25, -0.2) is 0 Å². The molecule has 4 nitrogen and oxygen atoms in total. The number of rotatable bonds is 3. The number of hydrogen-bond donors (Lipinski definition) is 2. The molecule has 5 heteroatoms. The second-order valence-electron chi connectivity index (χ2n) is 5.02. The lowest BCUT2D eigenvalue weighted by Crippen LogP contribution is -2.52. The predicted molar refractivity (Wildman–Crippen MR) is 76.6 cm³/mol. The third-order valence-electron chi connectivity index (χ3n) is 3.61. The molecule has 0 unspecified atom stereocenters. The highest BCUT2D eigenvalue weighted by Crippen LogP contribution is 2.31. The summed E-state index contributed by atoms with van der Waals surface area (Å²) in [4.78, 5) is 12.3. The Balaban J connectivity index is 2.16. The molecular weight excluding hydrogens is 264 g/mol. The largest absolute Gasteiger partial charge is 0.495 e. The molecule has 1 aliphatic carbocycles. The van der Waals surface area contributed by atoms with Gasteiger partial charge in [0, 0.05) is 5.02 Å². The fourth-order valence-electron chi connectivity index (χ4n) is 2.43. The minimum absolute atomic E-state index is 0.159. The van der Waals surface area contributed by atoms with Crippen molar-refractivity contribution in [1.29, 1.82) is 0 Å². The Kier molecular flexibility index (Phi) is 4.32. The maximum absolute atomic E-state index is 12.3. The van der Waals surface area contributed by atoms with Crippen molar-refractivity contribution in [2.45, 2.75) is 37.6 Å². The van der Waals surface area contributed by atoms with Crippen molar-refractivity contribution in [2.24, 2.45) is 5.73 Å². The Morgan fingerprint density at radius 2 is 2.05 bits per heavy atom. The summed E-state index contributed by atoms with van der Waals surface area (Å²) in [6, 6.07) is 5.11. The molecule has 0 aromatic heterocycles. The molecule has 1 saturated carbocycles. The fraction of sp³-hybridized carbons (Fsp3) is 0.500. The van der Waals surface area contributed by atoms with E-state index in [1.807, 2.05) is 0 Å². The van der Waals surface area contributed by atoms with Gasteiger partial charge >= 0.3 is 0 Å². The Labute approximate surface area is 118 Å². The van der Waals surface area contributed by atoms with Crippen molar-refractivity contribution < 1.29 is 9.53 Å². The number of benzene rings is 1. The zero-order chi connectivity index (χ0) is 13.9. The molecule has 1 aromatic carbocycles. The average Bonchev–Trinajstić information content (AvgIpc) is 2.40. The van der Waals surface area contributed by atoms with Crippen LogP contribution < -0.4 is 15.8 Å². The van der Waals surface area contributed by atoms with Gasteiger partial charge < -0.3 is 15.8 Å². The smallest absolute Gasteiger partial charge is 0.244 e. The van der Waals surface area contributed by atoms with Crippen LogP contribution in [0.3, 0.4) is 0 Å². The van der Waals surface area contributed by atoms with Crippen LogP contribution >= 0.6 is 11.6 Å². The van der Waals surface area contributed by atoms with E-state index in [1.54, 1.807) is 25.3 Å². The van der Waals surface area contributed by atoms with E-state index in [0.29, 0.717) is 16.5 Å². The third-order valence-corrected chi connectivity index (χ3v) is 3.84. The van der Waals surface area contributed by atoms with Crippen LogP contribution in [0.1, 0.15) is 32.1 Å². The number of methoxy groups -OCH3 is 1. The van der Waals surface area contributed by atoms with Gasteiger partial charge in [0.05, 0.1) is 18.3 Å². The number of halogens is 1. The number of carbonyl (C=O) groups is 1. The Morgan fingerprint density at radius 3 is 2.68 bits per heavy atom. The summed E-state index contributed by atoms with van der Waals surface area (Å²) in [7, 11) is 1.55. The van der Waals surface area contributed by atoms with Gasteiger partial charge in [0.2, 0.25) is 5.91 Å². The summed E-state index contributed by atoms with van der Waals surface area (Å²) < 4.78 is 5.21. The van der Waals surface area contributed by atoms with Gasteiger partial charge in [-0.15, -0.1) is 0 Å². The molecule has 2 rings (SSSR count). The van der Waals surface area contributed by atoms with Crippen LogP contribution in [0.4, 0.5) is 5.69 Å². The molecule has 0 radical (unpaired) electrons. The lowest BCUT2D eigenvalue weighted by Gasteiger charge is -2.32. The summed E-state index contributed by atoms with van der Waals surface area (Å²) in [5.41, 5.74) is 5.99. The monoisotopic (exact) mass is 282 g/mol. The Hall–Kier alpha value is -1.26. The predicted octanol–water partition coefficient (Wildman–Crippen LogP) is 2.95. The molecule has 0 heterocycles. The topological polar surface area (TPSA) is 64.3 Å². The summed E-state index contributed by atoms with van der Waals surface area (Å²) in [6.07, 6.45) is 4.59. The molecule has 1 aromatic rings. The van der Waals surface area contributed by atoms with Crippen LogP contribution in [-0.2, 0) is 4.79 Å². The molecule has 0 saturated heterocycles. The van der Waals surface area contributed by atoms with Crippen LogP contribution in [0.2, 0.25) is 5.02 Å². The number of nitrogens with two attached hydrogens (primary N) is 1. The van der Waals surface area contributed by atoms with Crippen molar-refractivity contribution in [3.63, 3.8) is 0 Å². The van der Waals surface area contributed by atoms with Crippen LogP contribution in [0.15, 0.2) is 18.2 Å². The molecule has 1 amide bonds. The van der Waals surface area contributed by atoms with Crippen LogP contribution in [0, 0.1) is 0 Å². The van der Waals surface area contributed by atoms with Gasteiger partial charge in [-0.1, -0.05) is 30.9 Å². The summed E-state index contributed by atoms with van der Waals surface area (Å²) in [5, 5.41) is 3.39. The second kappa shape index (κ2) is 5.80. The number of carbonyl (C=O) groups excluding carboxylic acids is 1. The van der Waals surface area contributed by atoms with E-state index >= 15 is 0 Å². The standard InChI is InChI=1S/C14H19ClN2O2/c1-19-12-6-5-10(15)9-11(12)17-13(18)14(16)7-3-2-4-8-14/h5-6,9H,2-4,7-8,16H2,1H3,(H,17,18). The Morgan fingerprint density at radius 1 is 1.37 bits per heavy atom. The third kappa shape index (κ3) is 3.19. The van der Waals surface area contributed by atoms with Gasteiger partial charge in [-0.2, -0.15) is 0 Å². The van der Waals surface area contributed by atoms with Crippen molar-refractivity contribution in [3.05, 3.63) is 23.2 Å². The van der Waals surface area contributed by atoms with Gasteiger partial charge in [-0.05, 0) is 31.0 Å². The lowest BCUT2D eigenvalue weighted by molar-refractivity contribution is -0.122. The molecule has 0 spiro atoms. The maximum atomic E-state index is 12.3. The lowest BCUT2D eigenvalue weighted by atomic mass is 9.82. The molecule has 0 bridgehead atoms. The summed E-state index contributed by atoms with van der Waals surface area (Å²) in [6.45, 7) is 0.